The van der Waals surface area contributed by atoms with E-state index in [1.807, 2.05) is 6.07 Å². The van der Waals surface area contributed by atoms with Crippen LogP contribution in [0.5, 0.6) is 0 Å². The standard InChI is InChI=1S/C18H17ClN2O5/c19-14-4-2-1-3-12(14)9-20-10-13(5-6-16(20)22)17(23)21-7-8-26-11-15(21)18(24)25/h1-6,10,15H,7-9,11H2,(H,24,25). The van der Waals surface area contributed by atoms with Crippen LogP contribution in [0.15, 0.2) is 47.4 Å². The zero-order valence-electron chi connectivity index (χ0n) is 13.8. The number of aromatic nitrogens is 1. The number of carbonyl (C=O) groups excluding carboxylic acids is 1. The molecule has 1 aliphatic rings. The van der Waals surface area contributed by atoms with Gasteiger partial charge in [0.2, 0.25) is 0 Å². The molecule has 7 nitrogen and oxygen atoms in total. The van der Waals surface area contributed by atoms with E-state index >= 15 is 0 Å². The van der Waals surface area contributed by atoms with Crippen molar-refractivity contribution in [3.63, 3.8) is 0 Å². The van der Waals surface area contributed by atoms with Gasteiger partial charge in [-0.1, -0.05) is 29.8 Å². The molecule has 2 heterocycles. The Morgan fingerprint density at radius 2 is 2.00 bits per heavy atom. The van der Waals surface area contributed by atoms with Crippen LogP contribution in [-0.2, 0) is 16.1 Å². The van der Waals surface area contributed by atoms with Crippen molar-refractivity contribution in [3.8, 4) is 0 Å². The number of morpholine rings is 1. The van der Waals surface area contributed by atoms with Crippen LogP contribution in [0.2, 0.25) is 5.02 Å². The third-order valence-corrected chi connectivity index (χ3v) is 4.57. The van der Waals surface area contributed by atoms with Gasteiger partial charge in [-0.05, 0) is 17.7 Å². The van der Waals surface area contributed by atoms with Crippen LogP contribution >= 0.6 is 11.6 Å². The first-order valence-corrected chi connectivity index (χ1v) is 8.40. The lowest BCUT2D eigenvalue weighted by atomic mass is 10.1. The maximum atomic E-state index is 12.8. The Hall–Kier alpha value is -2.64. The molecule has 0 aliphatic carbocycles. The average Bonchev–Trinajstić information content (AvgIpc) is 2.64. The fourth-order valence-corrected chi connectivity index (χ4v) is 3.00. The number of carbonyl (C=O) groups is 2. The molecular formula is C18H17ClN2O5. The van der Waals surface area contributed by atoms with Gasteiger partial charge in [0.1, 0.15) is 0 Å². The zero-order valence-corrected chi connectivity index (χ0v) is 14.6. The van der Waals surface area contributed by atoms with E-state index in [-0.39, 0.29) is 37.4 Å². The van der Waals surface area contributed by atoms with Crippen LogP contribution < -0.4 is 5.56 Å². The van der Waals surface area contributed by atoms with Gasteiger partial charge in [0.25, 0.3) is 11.5 Å². The highest BCUT2D eigenvalue weighted by Gasteiger charge is 2.33. The van der Waals surface area contributed by atoms with Crippen molar-refractivity contribution in [1.82, 2.24) is 9.47 Å². The van der Waals surface area contributed by atoms with Gasteiger partial charge in [0, 0.05) is 23.8 Å². The third-order valence-electron chi connectivity index (χ3n) is 4.20. The number of rotatable bonds is 4. The number of halogens is 1. The lowest BCUT2D eigenvalue weighted by Gasteiger charge is -2.32. The van der Waals surface area contributed by atoms with E-state index in [1.165, 1.54) is 27.8 Å². The minimum absolute atomic E-state index is 0.0552. The van der Waals surface area contributed by atoms with E-state index in [0.717, 1.165) is 5.56 Å². The predicted molar refractivity (Wildman–Crippen MR) is 94.5 cm³/mol. The summed E-state index contributed by atoms with van der Waals surface area (Å²) in [6, 6.07) is 8.78. The number of ether oxygens (including phenoxy) is 1. The molecule has 1 unspecified atom stereocenters. The van der Waals surface area contributed by atoms with E-state index in [1.54, 1.807) is 18.2 Å². The largest absolute Gasteiger partial charge is 0.480 e. The van der Waals surface area contributed by atoms with Crippen molar-refractivity contribution in [2.45, 2.75) is 12.6 Å². The Bertz CT molecular complexity index is 895. The summed E-state index contributed by atoms with van der Waals surface area (Å²) in [5, 5.41) is 9.81. The molecule has 1 amide bonds. The number of carboxylic acids is 1. The first kappa shape index (κ1) is 18.2. The van der Waals surface area contributed by atoms with Crippen LogP contribution in [0, 0.1) is 0 Å². The predicted octanol–water partition coefficient (Wildman–Crippen LogP) is 1.48. The van der Waals surface area contributed by atoms with Crippen molar-refractivity contribution in [3.05, 3.63) is 69.1 Å². The maximum Gasteiger partial charge on any atom is 0.328 e. The molecule has 0 radical (unpaired) electrons. The van der Waals surface area contributed by atoms with Crippen LogP contribution in [0.1, 0.15) is 15.9 Å². The van der Waals surface area contributed by atoms with E-state index in [9.17, 15) is 19.5 Å². The molecule has 8 heteroatoms. The van der Waals surface area contributed by atoms with Gasteiger partial charge in [-0.25, -0.2) is 4.79 Å². The minimum atomic E-state index is -1.12. The van der Waals surface area contributed by atoms with Gasteiger partial charge in [-0.2, -0.15) is 0 Å². The van der Waals surface area contributed by atoms with E-state index < -0.39 is 17.9 Å². The Balaban J connectivity index is 1.89. The number of amides is 1. The Morgan fingerprint density at radius 1 is 1.23 bits per heavy atom. The Labute approximate surface area is 154 Å². The topological polar surface area (TPSA) is 88.8 Å². The molecule has 3 rings (SSSR count). The highest BCUT2D eigenvalue weighted by atomic mass is 35.5. The van der Waals surface area contributed by atoms with E-state index in [4.69, 9.17) is 16.3 Å². The van der Waals surface area contributed by atoms with Crippen LogP contribution in [0.25, 0.3) is 0 Å². The molecule has 1 aliphatic heterocycles. The SMILES string of the molecule is O=C(O)C1COCCN1C(=O)c1ccc(=O)n(Cc2ccccc2Cl)c1. The molecule has 1 fully saturated rings. The summed E-state index contributed by atoms with van der Waals surface area (Å²) >= 11 is 6.13. The highest BCUT2D eigenvalue weighted by Crippen LogP contribution is 2.16. The summed E-state index contributed by atoms with van der Waals surface area (Å²) in [5.74, 6) is -1.57. The lowest BCUT2D eigenvalue weighted by Crippen LogP contribution is -2.52. The molecular weight excluding hydrogens is 360 g/mol. The summed E-state index contributed by atoms with van der Waals surface area (Å²) < 4.78 is 6.53. The maximum absolute atomic E-state index is 12.8. The van der Waals surface area contributed by atoms with Gasteiger partial charge in [0.15, 0.2) is 6.04 Å². The van der Waals surface area contributed by atoms with Gasteiger partial charge in [0.05, 0.1) is 25.3 Å². The number of hydrogen-bond acceptors (Lipinski definition) is 4. The fraction of sp³-hybridized carbons (Fsp3) is 0.278. The molecule has 1 saturated heterocycles. The fourth-order valence-electron chi connectivity index (χ4n) is 2.81. The minimum Gasteiger partial charge on any atom is -0.480 e. The number of pyridine rings is 1. The number of nitrogens with zero attached hydrogens (tertiary/aromatic N) is 2. The van der Waals surface area contributed by atoms with E-state index in [0.29, 0.717) is 5.02 Å². The summed E-state index contributed by atoms with van der Waals surface area (Å²) in [7, 11) is 0. The van der Waals surface area contributed by atoms with Gasteiger partial charge in [-0.15, -0.1) is 0 Å². The molecule has 2 aromatic rings. The molecule has 1 atom stereocenters. The second-order valence-corrected chi connectivity index (χ2v) is 6.31. The third kappa shape index (κ3) is 3.79. The van der Waals surface area contributed by atoms with Gasteiger partial charge < -0.3 is 19.3 Å². The monoisotopic (exact) mass is 376 g/mol. The Kier molecular flexibility index (Phi) is 5.39. The van der Waals surface area contributed by atoms with Crippen molar-refractivity contribution in [1.29, 1.82) is 0 Å². The summed E-state index contributed by atoms with van der Waals surface area (Å²) in [6.07, 6.45) is 1.43. The molecule has 0 saturated carbocycles. The summed E-state index contributed by atoms with van der Waals surface area (Å²) in [6.45, 7) is 0.611. The van der Waals surface area contributed by atoms with Crippen molar-refractivity contribution in [2.75, 3.05) is 19.8 Å². The quantitative estimate of drug-likeness (QED) is 0.873. The summed E-state index contributed by atoms with van der Waals surface area (Å²) in [4.78, 5) is 37.5. The lowest BCUT2D eigenvalue weighted by molar-refractivity contribution is -0.147. The molecule has 0 bridgehead atoms. The molecule has 1 aromatic carbocycles. The first-order valence-electron chi connectivity index (χ1n) is 8.03. The second kappa shape index (κ2) is 7.72. The van der Waals surface area contributed by atoms with Gasteiger partial charge in [-0.3, -0.25) is 9.59 Å². The molecule has 1 aromatic heterocycles. The normalized spacial score (nSPS) is 17.1. The smallest absolute Gasteiger partial charge is 0.328 e. The van der Waals surface area contributed by atoms with Crippen molar-refractivity contribution in [2.24, 2.45) is 0 Å². The number of carboxylic acid groups (broad SMARTS) is 1. The van der Waals surface area contributed by atoms with Crippen LogP contribution in [0.4, 0.5) is 0 Å². The highest BCUT2D eigenvalue weighted by molar-refractivity contribution is 6.31. The number of aliphatic carboxylic acids is 1. The van der Waals surface area contributed by atoms with E-state index in [2.05, 4.69) is 0 Å². The molecule has 26 heavy (non-hydrogen) atoms. The van der Waals surface area contributed by atoms with Gasteiger partial charge >= 0.3 is 5.97 Å². The molecule has 1 N–H and O–H groups in total. The zero-order chi connectivity index (χ0) is 18.7. The van der Waals surface area contributed by atoms with Crippen molar-refractivity contribution >= 4 is 23.5 Å². The second-order valence-electron chi connectivity index (χ2n) is 5.90. The number of hydrogen-bond donors (Lipinski definition) is 1. The van der Waals surface area contributed by atoms with Crippen molar-refractivity contribution < 1.29 is 19.4 Å². The number of benzene rings is 1. The average molecular weight is 377 g/mol. The summed E-state index contributed by atoms with van der Waals surface area (Å²) in [5.41, 5.74) is 0.707. The molecule has 136 valence electrons. The van der Waals surface area contributed by atoms with Crippen LogP contribution in [-0.4, -0.2) is 52.3 Å². The molecule has 0 spiro atoms. The van der Waals surface area contributed by atoms with Crippen LogP contribution in [0.3, 0.4) is 0 Å². The Morgan fingerprint density at radius 3 is 2.73 bits per heavy atom. The first-order chi connectivity index (χ1) is 12.5.